The minimum absolute atomic E-state index is 0.0224. The summed E-state index contributed by atoms with van der Waals surface area (Å²) >= 11 is 0. The van der Waals surface area contributed by atoms with Crippen LogP contribution in [0.4, 0.5) is 10.1 Å². The smallest absolute Gasteiger partial charge is 0.290 e. The Morgan fingerprint density at radius 2 is 1.71 bits per heavy atom. The van der Waals surface area contributed by atoms with E-state index < -0.39 is 11.7 Å². The highest BCUT2D eigenvalue weighted by Gasteiger charge is 2.22. The van der Waals surface area contributed by atoms with Gasteiger partial charge in [0.05, 0.1) is 11.3 Å². The molecule has 0 bridgehead atoms. The largest absolute Gasteiger partial charge is 0.381 e. The maximum Gasteiger partial charge on any atom is 0.290 e. The van der Waals surface area contributed by atoms with Crippen LogP contribution < -0.4 is 16.2 Å². The molecule has 2 N–H and O–H groups in total. The van der Waals surface area contributed by atoms with Crippen molar-refractivity contribution in [2.75, 3.05) is 12.4 Å². The quantitative estimate of drug-likeness (QED) is 0.364. The number of aromatic nitrogens is 3. The van der Waals surface area contributed by atoms with Gasteiger partial charge in [-0.25, -0.2) is 9.37 Å². The lowest BCUT2D eigenvalue weighted by Gasteiger charge is -2.09. The normalized spacial score (nSPS) is 11.1. The molecule has 38 heavy (non-hydrogen) atoms. The van der Waals surface area contributed by atoms with Crippen LogP contribution >= 0.6 is 0 Å². The van der Waals surface area contributed by atoms with Crippen LogP contribution in [0.25, 0.3) is 27.8 Å². The Kier molecular flexibility index (Phi) is 6.15. The van der Waals surface area contributed by atoms with Crippen LogP contribution in [0.2, 0.25) is 0 Å². The lowest BCUT2D eigenvalue weighted by molar-refractivity contribution is 0.0961. The number of carbonyl (C=O) groups excluding carboxylic acids is 2. The van der Waals surface area contributed by atoms with Crippen molar-refractivity contribution >= 4 is 23.0 Å². The molecule has 0 spiro atoms. The summed E-state index contributed by atoms with van der Waals surface area (Å²) in [6, 6.07) is 13.3. The molecule has 2 amide bonds. The van der Waals surface area contributed by atoms with Gasteiger partial charge in [-0.05, 0) is 43.2 Å². The van der Waals surface area contributed by atoms with Gasteiger partial charge in [-0.15, -0.1) is 0 Å². The molecule has 0 aliphatic rings. The maximum absolute atomic E-state index is 15.8. The number of fused-ring (bicyclic) bond motifs is 1. The molecular formula is C28H24FN5O4. The summed E-state index contributed by atoms with van der Waals surface area (Å²) in [5, 5.41) is 5.24. The molecule has 0 saturated carbocycles. The van der Waals surface area contributed by atoms with Gasteiger partial charge in [-0.3, -0.25) is 14.4 Å². The highest BCUT2D eigenvalue weighted by atomic mass is 19.1. The third-order valence-electron chi connectivity index (χ3n) is 6.24. The van der Waals surface area contributed by atoms with E-state index in [0.29, 0.717) is 39.4 Å². The Morgan fingerprint density at radius 1 is 1.00 bits per heavy atom. The monoisotopic (exact) mass is 513 g/mol. The number of amides is 2. The van der Waals surface area contributed by atoms with Crippen molar-refractivity contribution in [1.82, 2.24) is 19.4 Å². The van der Waals surface area contributed by atoms with Gasteiger partial charge in [0.15, 0.2) is 11.5 Å². The minimum Gasteiger partial charge on any atom is -0.381 e. The highest BCUT2D eigenvalue weighted by molar-refractivity contribution is 6.08. The number of aryl methyl sites for hydroxylation is 3. The fourth-order valence-corrected chi connectivity index (χ4v) is 4.46. The van der Waals surface area contributed by atoms with E-state index in [-0.39, 0.29) is 28.2 Å². The van der Waals surface area contributed by atoms with E-state index in [9.17, 15) is 14.4 Å². The molecule has 0 unspecified atom stereocenters. The van der Waals surface area contributed by atoms with Crippen LogP contribution in [-0.2, 0) is 7.05 Å². The van der Waals surface area contributed by atoms with E-state index >= 15 is 4.39 Å². The summed E-state index contributed by atoms with van der Waals surface area (Å²) in [5.41, 5.74) is 2.88. The second-order valence-corrected chi connectivity index (χ2v) is 8.86. The highest BCUT2D eigenvalue weighted by Crippen LogP contribution is 2.31. The zero-order valence-corrected chi connectivity index (χ0v) is 21.1. The van der Waals surface area contributed by atoms with Crippen molar-refractivity contribution in [1.29, 1.82) is 0 Å². The van der Waals surface area contributed by atoms with Crippen LogP contribution in [-0.4, -0.2) is 33.0 Å². The zero-order valence-electron chi connectivity index (χ0n) is 21.1. The number of nitrogens with one attached hydrogen (secondary N) is 2. The molecule has 2 aromatic carbocycles. The van der Waals surface area contributed by atoms with Crippen molar-refractivity contribution in [2.24, 2.45) is 7.05 Å². The van der Waals surface area contributed by atoms with Gasteiger partial charge in [0.2, 0.25) is 0 Å². The standard InChI is InChI=1S/C28H24FN5O4/c1-15-13-34-14-21(17-8-10-18(11-9-17)22-16(2)38-33(4)28(22)37)23(29)25(34)24(31-15)27(36)32-20-7-5-6-19(12-20)26(35)30-3/h5-14H,1-4H3,(H,30,35)(H,32,36). The Labute approximate surface area is 216 Å². The van der Waals surface area contributed by atoms with Crippen molar-refractivity contribution in [3.63, 3.8) is 0 Å². The molecule has 10 heteroatoms. The molecule has 3 heterocycles. The molecular weight excluding hydrogens is 489 g/mol. The molecule has 0 fully saturated rings. The first-order valence-corrected chi connectivity index (χ1v) is 11.8. The van der Waals surface area contributed by atoms with Gasteiger partial charge in [0.1, 0.15) is 11.3 Å². The molecule has 0 aliphatic carbocycles. The van der Waals surface area contributed by atoms with Gasteiger partial charge in [0, 0.05) is 43.3 Å². The van der Waals surface area contributed by atoms with Crippen molar-refractivity contribution in [2.45, 2.75) is 13.8 Å². The summed E-state index contributed by atoms with van der Waals surface area (Å²) in [4.78, 5) is 41.9. The van der Waals surface area contributed by atoms with Crippen LogP contribution in [0.5, 0.6) is 0 Å². The number of carbonyl (C=O) groups is 2. The fourth-order valence-electron chi connectivity index (χ4n) is 4.46. The predicted octanol–water partition coefficient (Wildman–Crippen LogP) is 4.33. The molecule has 0 atom stereocenters. The summed E-state index contributed by atoms with van der Waals surface area (Å²) < 4.78 is 23.9. The van der Waals surface area contributed by atoms with E-state index in [1.807, 2.05) is 0 Å². The number of anilines is 1. The number of rotatable bonds is 5. The van der Waals surface area contributed by atoms with Gasteiger partial charge < -0.3 is 19.6 Å². The van der Waals surface area contributed by atoms with Crippen LogP contribution in [0, 0.1) is 19.7 Å². The minimum atomic E-state index is -0.613. The first kappa shape index (κ1) is 24.7. The molecule has 192 valence electrons. The summed E-state index contributed by atoms with van der Waals surface area (Å²) in [6.45, 7) is 3.42. The Morgan fingerprint density at radius 3 is 2.37 bits per heavy atom. The van der Waals surface area contributed by atoms with E-state index in [0.717, 1.165) is 4.74 Å². The Bertz CT molecular complexity index is 1780. The second-order valence-electron chi connectivity index (χ2n) is 8.86. The number of hydrogen-bond acceptors (Lipinski definition) is 5. The summed E-state index contributed by atoms with van der Waals surface area (Å²) in [6.07, 6.45) is 3.23. The molecule has 0 saturated heterocycles. The zero-order chi connectivity index (χ0) is 27.1. The molecule has 9 nitrogen and oxygen atoms in total. The Hall–Kier alpha value is -4.99. The topological polar surface area (TPSA) is 111 Å². The molecule has 5 aromatic rings. The first-order chi connectivity index (χ1) is 18.2. The van der Waals surface area contributed by atoms with Gasteiger partial charge in [-0.2, -0.15) is 4.74 Å². The van der Waals surface area contributed by atoms with Crippen LogP contribution in [0.1, 0.15) is 32.3 Å². The molecule has 3 aromatic heterocycles. The van der Waals surface area contributed by atoms with Crippen LogP contribution in [0.3, 0.4) is 0 Å². The average Bonchev–Trinajstić information content (AvgIpc) is 3.37. The SMILES string of the molecule is CNC(=O)c1cccc(NC(=O)c2nc(C)cn3cc(-c4ccc(-c5c(C)on(C)c5=O)cc4)c(F)c23)c1. The maximum atomic E-state index is 15.8. The van der Waals surface area contributed by atoms with E-state index in [1.165, 1.54) is 24.6 Å². The number of hydrogen-bond donors (Lipinski definition) is 2. The number of benzene rings is 2. The molecule has 0 radical (unpaired) electrons. The van der Waals surface area contributed by atoms with Crippen molar-refractivity contribution in [3.8, 4) is 22.3 Å². The fraction of sp³-hybridized carbons (Fsp3) is 0.143. The van der Waals surface area contributed by atoms with Crippen LogP contribution in [0.15, 0.2) is 70.2 Å². The van der Waals surface area contributed by atoms with Gasteiger partial charge >= 0.3 is 0 Å². The summed E-state index contributed by atoms with van der Waals surface area (Å²) in [5.74, 6) is -1.03. The van der Waals surface area contributed by atoms with Gasteiger partial charge in [0.25, 0.3) is 17.4 Å². The third-order valence-corrected chi connectivity index (χ3v) is 6.24. The average molecular weight is 514 g/mol. The van der Waals surface area contributed by atoms with Gasteiger partial charge in [-0.1, -0.05) is 30.3 Å². The summed E-state index contributed by atoms with van der Waals surface area (Å²) in [7, 11) is 3.05. The third kappa shape index (κ3) is 4.26. The van der Waals surface area contributed by atoms with E-state index in [4.69, 9.17) is 4.52 Å². The lowest BCUT2D eigenvalue weighted by atomic mass is 10.0. The molecule has 5 rings (SSSR count). The van der Waals surface area contributed by atoms with Crippen molar-refractivity contribution < 1.29 is 18.5 Å². The first-order valence-electron chi connectivity index (χ1n) is 11.8. The lowest BCUT2D eigenvalue weighted by Crippen LogP contribution is -2.19. The predicted molar refractivity (Wildman–Crippen MR) is 141 cm³/mol. The van der Waals surface area contributed by atoms with E-state index in [1.54, 1.807) is 68.7 Å². The number of nitrogens with zero attached hydrogens (tertiary/aromatic N) is 3. The van der Waals surface area contributed by atoms with Crippen molar-refractivity contribution in [3.05, 3.63) is 99.8 Å². The molecule has 0 aliphatic heterocycles. The number of halogens is 1. The second kappa shape index (κ2) is 9.47. The Balaban J connectivity index is 1.52. The van der Waals surface area contributed by atoms with E-state index in [2.05, 4.69) is 15.6 Å².